The van der Waals surface area contributed by atoms with E-state index in [1.807, 2.05) is 0 Å². The molecule has 0 spiro atoms. The molecule has 3 N–H and O–H groups in total. The van der Waals surface area contributed by atoms with Crippen molar-refractivity contribution in [2.45, 2.75) is 12.7 Å². The Labute approximate surface area is 106 Å². The van der Waals surface area contributed by atoms with Crippen molar-refractivity contribution in [1.29, 1.82) is 0 Å². The van der Waals surface area contributed by atoms with E-state index in [9.17, 15) is 22.4 Å². The first-order valence-corrected chi connectivity index (χ1v) is 5.27. The predicted molar refractivity (Wildman–Crippen MR) is 58.9 cm³/mol. The second-order valence-electron chi connectivity index (χ2n) is 3.60. The van der Waals surface area contributed by atoms with Crippen molar-refractivity contribution in [2.24, 2.45) is 5.73 Å². The Balaban J connectivity index is 2.53. The van der Waals surface area contributed by atoms with Crippen LogP contribution in [0.3, 0.4) is 0 Å². The van der Waals surface area contributed by atoms with Crippen LogP contribution in [-0.4, -0.2) is 25.2 Å². The van der Waals surface area contributed by atoms with Crippen molar-refractivity contribution in [1.82, 2.24) is 5.32 Å². The van der Waals surface area contributed by atoms with Gasteiger partial charge in [-0.05, 0) is 12.1 Å². The lowest BCUT2D eigenvalue weighted by atomic mass is 10.2. The first-order chi connectivity index (χ1) is 8.83. The van der Waals surface area contributed by atoms with E-state index in [2.05, 4.69) is 0 Å². The molecule has 19 heavy (non-hydrogen) atoms. The van der Waals surface area contributed by atoms with Crippen molar-refractivity contribution < 1.29 is 27.1 Å². The van der Waals surface area contributed by atoms with E-state index in [0.717, 1.165) is 0 Å². The minimum Gasteiger partial charge on any atom is -0.483 e. The van der Waals surface area contributed by atoms with Crippen molar-refractivity contribution in [3.05, 3.63) is 29.6 Å². The van der Waals surface area contributed by atoms with Gasteiger partial charge in [-0.1, -0.05) is 6.07 Å². The Kier molecular flexibility index (Phi) is 5.11. The fourth-order valence-corrected chi connectivity index (χ4v) is 1.27. The second-order valence-corrected chi connectivity index (χ2v) is 3.60. The van der Waals surface area contributed by atoms with E-state index < -0.39 is 31.1 Å². The summed E-state index contributed by atoms with van der Waals surface area (Å²) in [4.78, 5) is 11.1. The predicted octanol–water partition coefficient (Wildman–Crippen LogP) is 1.34. The highest BCUT2D eigenvalue weighted by Gasteiger charge is 2.27. The summed E-state index contributed by atoms with van der Waals surface area (Å²) in [5.74, 6) is -1.52. The molecule has 1 amide bonds. The third-order valence-electron chi connectivity index (χ3n) is 2.12. The standard InChI is InChI=1S/C11H12F4N2O2/c12-8-2-1-3-9(7(8)4-16)19-5-10(18)17-6-11(13,14)15/h1-3H,4-6,16H2,(H,17,18). The average Bonchev–Trinajstić information content (AvgIpc) is 2.33. The highest BCUT2D eigenvalue weighted by molar-refractivity contribution is 5.77. The minimum atomic E-state index is -4.49. The number of benzene rings is 1. The van der Waals surface area contributed by atoms with Gasteiger partial charge in [-0.3, -0.25) is 4.79 Å². The largest absolute Gasteiger partial charge is 0.483 e. The summed E-state index contributed by atoms with van der Waals surface area (Å²) in [6.07, 6.45) is -4.49. The molecule has 1 aromatic rings. The molecule has 0 aliphatic rings. The zero-order valence-corrected chi connectivity index (χ0v) is 9.76. The Bertz CT molecular complexity index is 449. The summed E-state index contributed by atoms with van der Waals surface area (Å²) < 4.78 is 53.7. The molecular formula is C11H12F4N2O2. The number of amides is 1. The fourth-order valence-electron chi connectivity index (χ4n) is 1.27. The minimum absolute atomic E-state index is 0.0321. The van der Waals surface area contributed by atoms with Crippen molar-refractivity contribution in [3.63, 3.8) is 0 Å². The van der Waals surface area contributed by atoms with Crippen LogP contribution in [0.4, 0.5) is 17.6 Å². The lowest BCUT2D eigenvalue weighted by Gasteiger charge is -2.12. The number of halogens is 4. The Hall–Kier alpha value is -1.83. The molecule has 8 heteroatoms. The summed E-state index contributed by atoms with van der Waals surface area (Å²) in [6, 6.07) is 3.89. The number of alkyl halides is 3. The first-order valence-electron chi connectivity index (χ1n) is 5.27. The van der Waals surface area contributed by atoms with Crippen molar-refractivity contribution in [2.75, 3.05) is 13.2 Å². The number of hydrogen-bond donors (Lipinski definition) is 2. The summed E-state index contributed by atoms with van der Waals surface area (Å²) in [5.41, 5.74) is 5.37. The molecule has 1 aromatic carbocycles. The molecule has 0 atom stereocenters. The van der Waals surface area contributed by atoms with E-state index in [1.165, 1.54) is 18.2 Å². The van der Waals surface area contributed by atoms with Crippen LogP contribution in [0, 0.1) is 5.82 Å². The number of hydrogen-bond acceptors (Lipinski definition) is 3. The van der Waals surface area contributed by atoms with Gasteiger partial charge in [0.2, 0.25) is 0 Å². The van der Waals surface area contributed by atoms with Gasteiger partial charge >= 0.3 is 6.18 Å². The lowest BCUT2D eigenvalue weighted by Crippen LogP contribution is -2.36. The van der Waals surface area contributed by atoms with Gasteiger partial charge < -0.3 is 15.8 Å². The van der Waals surface area contributed by atoms with E-state index in [0.29, 0.717) is 0 Å². The molecule has 0 aromatic heterocycles. The van der Waals surface area contributed by atoms with Crippen LogP contribution >= 0.6 is 0 Å². The van der Waals surface area contributed by atoms with Crippen LogP contribution in [0.25, 0.3) is 0 Å². The van der Waals surface area contributed by atoms with Gasteiger partial charge in [-0.2, -0.15) is 13.2 Å². The third kappa shape index (κ3) is 5.12. The molecule has 0 unspecified atom stereocenters. The van der Waals surface area contributed by atoms with Gasteiger partial charge in [0.1, 0.15) is 18.1 Å². The fraction of sp³-hybridized carbons (Fsp3) is 0.364. The van der Waals surface area contributed by atoms with E-state index in [1.54, 1.807) is 5.32 Å². The number of rotatable bonds is 5. The van der Waals surface area contributed by atoms with Gasteiger partial charge in [-0.15, -0.1) is 0 Å². The molecule has 0 aliphatic carbocycles. The molecule has 4 nitrogen and oxygen atoms in total. The molecule has 106 valence electrons. The van der Waals surface area contributed by atoms with Gasteiger partial charge in [0.05, 0.1) is 0 Å². The van der Waals surface area contributed by atoms with Crippen LogP contribution in [-0.2, 0) is 11.3 Å². The maximum absolute atomic E-state index is 13.3. The van der Waals surface area contributed by atoms with Gasteiger partial charge in [-0.25, -0.2) is 4.39 Å². The molecule has 0 heterocycles. The molecule has 0 radical (unpaired) electrons. The zero-order valence-electron chi connectivity index (χ0n) is 9.76. The first kappa shape index (κ1) is 15.2. The number of carbonyl (C=O) groups excluding carboxylic acids is 1. The van der Waals surface area contributed by atoms with Crippen LogP contribution < -0.4 is 15.8 Å². The highest BCUT2D eigenvalue weighted by atomic mass is 19.4. The molecular weight excluding hydrogens is 268 g/mol. The lowest BCUT2D eigenvalue weighted by molar-refractivity contribution is -0.139. The van der Waals surface area contributed by atoms with E-state index in [-0.39, 0.29) is 17.9 Å². The van der Waals surface area contributed by atoms with Gasteiger partial charge in [0, 0.05) is 12.1 Å². The number of ether oxygens (including phenoxy) is 1. The molecule has 1 rings (SSSR count). The molecule has 0 saturated heterocycles. The van der Waals surface area contributed by atoms with Crippen LogP contribution in [0.2, 0.25) is 0 Å². The Morgan fingerprint density at radius 3 is 2.63 bits per heavy atom. The van der Waals surface area contributed by atoms with Crippen molar-refractivity contribution >= 4 is 5.91 Å². The maximum Gasteiger partial charge on any atom is 0.405 e. The van der Waals surface area contributed by atoms with Crippen LogP contribution in [0.15, 0.2) is 18.2 Å². The summed E-state index contributed by atoms with van der Waals surface area (Å²) in [6.45, 7) is -2.24. The van der Waals surface area contributed by atoms with Gasteiger partial charge in [0.25, 0.3) is 5.91 Å². The molecule has 0 fully saturated rings. The number of carbonyl (C=O) groups is 1. The van der Waals surface area contributed by atoms with Crippen LogP contribution in [0.5, 0.6) is 5.75 Å². The normalized spacial score (nSPS) is 11.2. The van der Waals surface area contributed by atoms with Gasteiger partial charge in [0.15, 0.2) is 6.61 Å². The quantitative estimate of drug-likeness (QED) is 0.800. The number of nitrogens with one attached hydrogen (secondary N) is 1. The third-order valence-corrected chi connectivity index (χ3v) is 2.12. The zero-order chi connectivity index (χ0) is 14.5. The Morgan fingerprint density at radius 1 is 1.37 bits per heavy atom. The summed E-state index contributed by atoms with van der Waals surface area (Å²) in [5, 5.41) is 1.63. The second kappa shape index (κ2) is 6.37. The maximum atomic E-state index is 13.3. The Morgan fingerprint density at radius 2 is 2.05 bits per heavy atom. The highest BCUT2D eigenvalue weighted by Crippen LogP contribution is 2.20. The smallest absolute Gasteiger partial charge is 0.405 e. The summed E-state index contributed by atoms with van der Waals surface area (Å²) >= 11 is 0. The van der Waals surface area contributed by atoms with Crippen LogP contribution in [0.1, 0.15) is 5.56 Å². The topological polar surface area (TPSA) is 64.3 Å². The molecule has 0 bridgehead atoms. The molecule has 0 saturated carbocycles. The number of nitrogens with two attached hydrogens (primary N) is 1. The average molecular weight is 280 g/mol. The monoisotopic (exact) mass is 280 g/mol. The summed E-state index contributed by atoms with van der Waals surface area (Å²) in [7, 11) is 0. The van der Waals surface area contributed by atoms with Crippen molar-refractivity contribution in [3.8, 4) is 5.75 Å². The SMILES string of the molecule is NCc1c(F)cccc1OCC(=O)NCC(F)(F)F. The van der Waals surface area contributed by atoms with E-state index >= 15 is 0 Å². The molecule has 0 aliphatic heterocycles. The van der Waals surface area contributed by atoms with E-state index in [4.69, 9.17) is 10.5 Å².